The first-order valence-corrected chi connectivity index (χ1v) is 13.3. The van der Waals surface area contributed by atoms with E-state index in [2.05, 4.69) is 0 Å². The van der Waals surface area contributed by atoms with Gasteiger partial charge in [0.05, 0.1) is 19.8 Å². The SMILES string of the molecule is COc1ccc(-c2cc(=O)c3c(O)cc(O[C@@H]4OC(CO)[C@@H](O)[C@@H](O)C4O[C@@H]4OC(C)[C@H](O)[C@H](O)C4O)cc3o2)cc1O. The van der Waals surface area contributed by atoms with Gasteiger partial charge in [-0.2, -0.15) is 0 Å². The molecule has 0 amide bonds. The van der Waals surface area contributed by atoms with Crippen LogP contribution in [-0.4, -0.2) is 116 Å². The fourth-order valence-electron chi connectivity index (χ4n) is 5.01. The van der Waals surface area contributed by atoms with Crippen LogP contribution in [0.2, 0.25) is 0 Å². The predicted octanol–water partition coefficient (Wildman–Crippen LogP) is -1.09. The Morgan fingerprint density at radius 3 is 2.26 bits per heavy atom. The molecule has 2 aromatic carbocycles. The number of phenolic OH excluding ortho intramolecular Hbond substituents is 2. The molecule has 8 N–H and O–H groups in total. The van der Waals surface area contributed by atoms with Crippen molar-refractivity contribution < 1.29 is 69.0 Å². The molecule has 1 aromatic heterocycles. The highest BCUT2D eigenvalue weighted by molar-refractivity contribution is 5.86. The molecule has 15 heteroatoms. The highest BCUT2D eigenvalue weighted by Gasteiger charge is 2.50. The molecule has 43 heavy (non-hydrogen) atoms. The molecule has 3 aromatic rings. The number of aliphatic hydroxyl groups is 6. The molecule has 4 unspecified atom stereocenters. The summed E-state index contributed by atoms with van der Waals surface area (Å²) in [6.45, 7) is 0.687. The smallest absolute Gasteiger partial charge is 0.229 e. The van der Waals surface area contributed by atoms with E-state index >= 15 is 0 Å². The van der Waals surface area contributed by atoms with Crippen LogP contribution in [0.25, 0.3) is 22.3 Å². The Hall–Kier alpha value is -3.51. The van der Waals surface area contributed by atoms with Crippen molar-refractivity contribution in [2.24, 2.45) is 0 Å². The van der Waals surface area contributed by atoms with E-state index in [4.69, 9.17) is 28.1 Å². The van der Waals surface area contributed by atoms with Crippen LogP contribution in [0.5, 0.6) is 23.0 Å². The van der Waals surface area contributed by atoms with Crippen LogP contribution in [0.1, 0.15) is 6.92 Å². The highest BCUT2D eigenvalue weighted by atomic mass is 16.8. The summed E-state index contributed by atoms with van der Waals surface area (Å²) < 4.78 is 33.5. The Balaban J connectivity index is 1.48. The molecule has 0 spiro atoms. The number of ether oxygens (including phenoxy) is 5. The van der Waals surface area contributed by atoms with Crippen molar-refractivity contribution in [3.63, 3.8) is 0 Å². The lowest BCUT2D eigenvalue weighted by Gasteiger charge is -2.45. The quantitative estimate of drug-likeness (QED) is 0.159. The van der Waals surface area contributed by atoms with E-state index < -0.39 is 79.2 Å². The number of rotatable bonds is 7. The number of methoxy groups -OCH3 is 1. The molecule has 15 nitrogen and oxygen atoms in total. The van der Waals surface area contributed by atoms with E-state index in [1.165, 1.54) is 32.2 Å². The molecule has 10 atom stereocenters. The molecule has 3 heterocycles. The average molecular weight is 609 g/mol. The van der Waals surface area contributed by atoms with E-state index in [9.17, 15) is 45.6 Å². The van der Waals surface area contributed by atoms with Gasteiger partial charge in [0.2, 0.25) is 6.29 Å². The number of aromatic hydroxyl groups is 2. The summed E-state index contributed by atoms with van der Waals surface area (Å²) in [5.74, 6) is -0.653. The van der Waals surface area contributed by atoms with E-state index in [0.29, 0.717) is 5.56 Å². The molecule has 234 valence electrons. The van der Waals surface area contributed by atoms with Gasteiger partial charge in [-0.3, -0.25) is 4.79 Å². The summed E-state index contributed by atoms with van der Waals surface area (Å²) in [5, 5.41) is 82.2. The van der Waals surface area contributed by atoms with E-state index in [0.717, 1.165) is 12.1 Å². The number of fused-ring (bicyclic) bond motifs is 1. The number of aliphatic hydroxyl groups excluding tert-OH is 6. The molecule has 2 aliphatic rings. The third-order valence-electron chi connectivity index (χ3n) is 7.42. The summed E-state index contributed by atoms with van der Waals surface area (Å²) in [6, 6.07) is 7.77. The minimum atomic E-state index is -1.77. The Kier molecular flexibility index (Phi) is 8.80. The number of hydrogen-bond donors (Lipinski definition) is 8. The van der Waals surface area contributed by atoms with Crippen LogP contribution in [-0.2, 0) is 14.2 Å². The average Bonchev–Trinajstić information content (AvgIpc) is 2.97. The topological polar surface area (TPSA) is 238 Å². The Bertz CT molecular complexity index is 1510. The lowest BCUT2D eigenvalue weighted by atomic mass is 9.97. The van der Waals surface area contributed by atoms with Gasteiger partial charge in [-0.25, -0.2) is 0 Å². The van der Waals surface area contributed by atoms with E-state index in [1.54, 1.807) is 6.07 Å². The summed E-state index contributed by atoms with van der Waals surface area (Å²) in [5.41, 5.74) is -0.414. The zero-order chi connectivity index (χ0) is 31.2. The fourth-order valence-corrected chi connectivity index (χ4v) is 5.01. The molecule has 0 radical (unpaired) electrons. The number of benzene rings is 2. The van der Waals surface area contributed by atoms with Crippen molar-refractivity contribution >= 4 is 11.0 Å². The highest BCUT2D eigenvalue weighted by Crippen LogP contribution is 2.36. The lowest BCUT2D eigenvalue weighted by Crippen LogP contribution is -2.64. The second-order valence-corrected chi connectivity index (χ2v) is 10.3. The third-order valence-corrected chi connectivity index (χ3v) is 7.42. The van der Waals surface area contributed by atoms with Gasteiger partial charge in [0.15, 0.2) is 29.3 Å². The monoisotopic (exact) mass is 608 g/mol. The van der Waals surface area contributed by atoms with Gasteiger partial charge < -0.3 is 69.0 Å². The molecule has 2 saturated heterocycles. The molecule has 0 aliphatic carbocycles. The van der Waals surface area contributed by atoms with Gasteiger partial charge in [0, 0.05) is 23.8 Å². The zero-order valence-electron chi connectivity index (χ0n) is 22.9. The summed E-state index contributed by atoms with van der Waals surface area (Å²) in [7, 11) is 1.38. The number of hydrogen-bond acceptors (Lipinski definition) is 15. The largest absolute Gasteiger partial charge is 0.507 e. The Morgan fingerprint density at radius 1 is 0.837 bits per heavy atom. The molecular weight excluding hydrogens is 576 g/mol. The molecule has 0 bridgehead atoms. The van der Waals surface area contributed by atoms with Crippen LogP contribution in [0.3, 0.4) is 0 Å². The molecule has 2 fully saturated rings. The van der Waals surface area contributed by atoms with Crippen LogP contribution in [0.15, 0.2) is 45.6 Å². The molecule has 2 aliphatic heterocycles. The van der Waals surface area contributed by atoms with Crippen molar-refractivity contribution in [3.05, 3.63) is 46.6 Å². The van der Waals surface area contributed by atoms with Gasteiger partial charge in [0.1, 0.15) is 64.9 Å². The lowest BCUT2D eigenvalue weighted by molar-refractivity contribution is -0.354. The molecule has 5 rings (SSSR count). The van der Waals surface area contributed by atoms with Crippen molar-refractivity contribution in [2.45, 2.75) is 68.3 Å². The van der Waals surface area contributed by atoms with Gasteiger partial charge in [-0.15, -0.1) is 0 Å². The van der Waals surface area contributed by atoms with E-state index in [1.807, 2.05) is 0 Å². The second-order valence-electron chi connectivity index (χ2n) is 10.3. The van der Waals surface area contributed by atoms with Crippen molar-refractivity contribution in [3.8, 4) is 34.3 Å². The second kappa shape index (κ2) is 12.2. The summed E-state index contributed by atoms with van der Waals surface area (Å²) in [4.78, 5) is 12.9. The van der Waals surface area contributed by atoms with Gasteiger partial charge in [0.25, 0.3) is 0 Å². The van der Waals surface area contributed by atoms with Crippen LogP contribution in [0, 0.1) is 0 Å². The third kappa shape index (κ3) is 5.86. The van der Waals surface area contributed by atoms with Gasteiger partial charge in [-0.1, -0.05) is 0 Å². The standard InChI is InChI=1S/C28H32O15/c1-10-21(33)23(35)25(37)27(39-10)43-26-24(36)22(34)19(9-29)42-28(26)40-12-6-14(31)20-15(32)8-17(41-18(20)7-12)11-3-4-16(38-2)13(30)5-11/h3-8,10,19,21-31,33-37H,9H2,1-2H3/t10?,19?,21-,22+,23-,24+,25?,26?,27-,28+/m0/s1. The summed E-state index contributed by atoms with van der Waals surface area (Å²) >= 11 is 0. The maximum absolute atomic E-state index is 12.9. The molecule has 0 saturated carbocycles. The minimum absolute atomic E-state index is 0.0410. The van der Waals surface area contributed by atoms with Crippen molar-refractivity contribution in [1.82, 2.24) is 0 Å². The maximum Gasteiger partial charge on any atom is 0.229 e. The van der Waals surface area contributed by atoms with Crippen LogP contribution >= 0.6 is 0 Å². The molecular formula is C28H32O15. The maximum atomic E-state index is 12.9. The zero-order valence-corrected chi connectivity index (χ0v) is 22.9. The van der Waals surface area contributed by atoms with Crippen molar-refractivity contribution in [2.75, 3.05) is 13.7 Å². The van der Waals surface area contributed by atoms with Crippen LogP contribution in [0.4, 0.5) is 0 Å². The minimum Gasteiger partial charge on any atom is -0.507 e. The Morgan fingerprint density at radius 2 is 1.58 bits per heavy atom. The van der Waals surface area contributed by atoms with Gasteiger partial charge in [-0.05, 0) is 25.1 Å². The first kappa shape index (κ1) is 30.9. The van der Waals surface area contributed by atoms with Gasteiger partial charge >= 0.3 is 0 Å². The van der Waals surface area contributed by atoms with Crippen LogP contribution < -0.4 is 14.9 Å². The van der Waals surface area contributed by atoms with E-state index in [-0.39, 0.29) is 34.0 Å². The first-order chi connectivity index (χ1) is 20.4. The number of phenols is 2. The fraction of sp³-hybridized carbons (Fsp3) is 0.464. The predicted molar refractivity (Wildman–Crippen MR) is 143 cm³/mol. The first-order valence-electron chi connectivity index (χ1n) is 13.3. The Labute approximate surface area is 243 Å². The normalized spacial score (nSPS) is 32.9. The summed E-state index contributed by atoms with van der Waals surface area (Å²) in [6.07, 6.45) is -15.4. The van der Waals surface area contributed by atoms with Crippen molar-refractivity contribution in [1.29, 1.82) is 0 Å².